The Morgan fingerprint density at radius 1 is 0.852 bits per heavy atom. The van der Waals surface area contributed by atoms with Crippen LogP contribution in [0.4, 0.5) is 0 Å². The fraction of sp³-hybridized carbons (Fsp3) is 0.273. The van der Waals surface area contributed by atoms with Crippen molar-refractivity contribution in [3.05, 3.63) is 77.9 Å². The van der Waals surface area contributed by atoms with Gasteiger partial charge in [-0.3, -0.25) is 4.90 Å². The molecular formula is C22H24N2O2S. The lowest BCUT2D eigenvalue weighted by Crippen LogP contribution is -2.38. The molecule has 1 aliphatic rings. The highest BCUT2D eigenvalue weighted by molar-refractivity contribution is 7.89. The molecule has 0 spiro atoms. The van der Waals surface area contributed by atoms with Crippen molar-refractivity contribution < 1.29 is 8.42 Å². The van der Waals surface area contributed by atoms with Crippen LogP contribution in [0.2, 0.25) is 0 Å². The first-order valence-electron chi connectivity index (χ1n) is 9.39. The highest BCUT2D eigenvalue weighted by Crippen LogP contribution is 2.47. The molecule has 0 saturated carbocycles. The largest absolute Gasteiger partial charge is 0.295 e. The lowest BCUT2D eigenvalue weighted by Gasteiger charge is -2.32. The Kier molecular flexibility index (Phi) is 4.76. The van der Waals surface area contributed by atoms with Crippen molar-refractivity contribution >= 4 is 20.8 Å². The highest BCUT2D eigenvalue weighted by atomic mass is 32.2. The minimum atomic E-state index is -3.62. The summed E-state index contributed by atoms with van der Waals surface area (Å²) < 4.78 is 29.2. The molecule has 2 atom stereocenters. The summed E-state index contributed by atoms with van der Waals surface area (Å²) in [7, 11) is -3.62. The van der Waals surface area contributed by atoms with Crippen molar-refractivity contribution in [1.82, 2.24) is 9.62 Å². The number of likely N-dealkylation sites (N-methyl/N-ethyl adjacent to an activating group) is 1. The van der Waals surface area contributed by atoms with Crippen molar-refractivity contribution in [3.63, 3.8) is 0 Å². The van der Waals surface area contributed by atoms with E-state index in [2.05, 4.69) is 47.7 Å². The topological polar surface area (TPSA) is 49.4 Å². The summed E-state index contributed by atoms with van der Waals surface area (Å²) in [6.45, 7) is 5.95. The van der Waals surface area contributed by atoms with Gasteiger partial charge in [0.2, 0.25) is 10.0 Å². The molecule has 0 bridgehead atoms. The van der Waals surface area contributed by atoms with Crippen LogP contribution in [-0.4, -0.2) is 26.4 Å². The quantitative estimate of drug-likeness (QED) is 0.695. The number of nitrogens with zero attached hydrogens (tertiary/aromatic N) is 1. The molecule has 4 rings (SSSR count). The predicted octanol–water partition coefficient (Wildman–Crippen LogP) is 4.26. The highest BCUT2D eigenvalue weighted by Gasteiger charge is 2.39. The second-order valence-corrected chi connectivity index (χ2v) is 8.58. The summed E-state index contributed by atoms with van der Waals surface area (Å²) in [6.07, 6.45) is 0. The third kappa shape index (κ3) is 3.06. The SMILES string of the molecule is CCN(CC)[C@@H]1c2cccc3cccc(c23)[C@H]1NS(=O)(=O)c1ccccc1. The zero-order valence-corrected chi connectivity index (χ0v) is 16.4. The Labute approximate surface area is 160 Å². The van der Waals surface area contributed by atoms with Gasteiger partial charge in [-0.15, -0.1) is 0 Å². The normalized spacial score (nSPS) is 19.1. The first kappa shape index (κ1) is 18.2. The molecule has 0 radical (unpaired) electrons. The number of rotatable bonds is 6. The van der Waals surface area contributed by atoms with Crippen molar-refractivity contribution in [2.45, 2.75) is 30.8 Å². The van der Waals surface area contributed by atoms with Gasteiger partial charge in [0.05, 0.1) is 17.0 Å². The smallest absolute Gasteiger partial charge is 0.241 e. The summed E-state index contributed by atoms with van der Waals surface area (Å²) in [5, 5.41) is 2.33. The Morgan fingerprint density at radius 3 is 2.11 bits per heavy atom. The molecule has 0 heterocycles. The van der Waals surface area contributed by atoms with Gasteiger partial charge in [0, 0.05) is 0 Å². The van der Waals surface area contributed by atoms with Gasteiger partial charge in [0.15, 0.2) is 0 Å². The van der Waals surface area contributed by atoms with Crippen molar-refractivity contribution in [2.75, 3.05) is 13.1 Å². The van der Waals surface area contributed by atoms with E-state index in [1.54, 1.807) is 24.3 Å². The van der Waals surface area contributed by atoms with Gasteiger partial charge in [-0.05, 0) is 47.1 Å². The van der Waals surface area contributed by atoms with E-state index in [0.717, 1.165) is 24.0 Å². The maximum Gasteiger partial charge on any atom is 0.241 e. The summed E-state index contributed by atoms with van der Waals surface area (Å²) in [5.41, 5.74) is 2.26. The van der Waals surface area contributed by atoms with Crippen molar-refractivity contribution in [3.8, 4) is 0 Å². The van der Waals surface area contributed by atoms with Gasteiger partial charge in [-0.25, -0.2) is 13.1 Å². The molecule has 0 fully saturated rings. The molecule has 5 heteroatoms. The van der Waals surface area contributed by atoms with Crippen molar-refractivity contribution in [1.29, 1.82) is 0 Å². The third-order valence-electron chi connectivity index (χ3n) is 5.48. The van der Waals surface area contributed by atoms with E-state index >= 15 is 0 Å². The summed E-state index contributed by atoms with van der Waals surface area (Å²) in [5.74, 6) is 0. The Balaban J connectivity index is 1.84. The number of hydrogen-bond donors (Lipinski definition) is 1. The van der Waals surface area contributed by atoms with Crippen LogP contribution >= 0.6 is 0 Å². The lowest BCUT2D eigenvalue weighted by atomic mass is 10.0. The summed E-state index contributed by atoms with van der Waals surface area (Å²) >= 11 is 0. The molecule has 3 aromatic rings. The van der Waals surface area contributed by atoms with Gasteiger partial charge < -0.3 is 0 Å². The molecule has 0 amide bonds. The maximum atomic E-state index is 13.1. The zero-order valence-electron chi connectivity index (χ0n) is 15.6. The number of nitrogens with one attached hydrogen (secondary N) is 1. The molecule has 140 valence electrons. The fourth-order valence-electron chi connectivity index (χ4n) is 4.24. The Bertz CT molecular complexity index is 1050. The van der Waals surface area contributed by atoms with E-state index in [0.29, 0.717) is 4.90 Å². The second kappa shape index (κ2) is 7.08. The molecule has 0 aliphatic heterocycles. The maximum absolute atomic E-state index is 13.1. The van der Waals surface area contributed by atoms with Crippen LogP contribution in [0.25, 0.3) is 10.8 Å². The Hall–Kier alpha value is -2.21. The number of sulfonamides is 1. The van der Waals surface area contributed by atoms with Gasteiger partial charge in [0.25, 0.3) is 0 Å². The number of benzene rings is 3. The zero-order chi connectivity index (χ0) is 19.0. The minimum absolute atomic E-state index is 0.0143. The van der Waals surface area contributed by atoms with E-state index in [1.165, 1.54) is 10.9 Å². The van der Waals surface area contributed by atoms with E-state index in [9.17, 15) is 8.42 Å². The fourth-order valence-corrected chi connectivity index (χ4v) is 5.48. The third-order valence-corrected chi connectivity index (χ3v) is 6.94. The van der Waals surface area contributed by atoms with Crippen LogP contribution < -0.4 is 4.72 Å². The molecule has 0 unspecified atom stereocenters. The lowest BCUT2D eigenvalue weighted by molar-refractivity contribution is 0.190. The molecule has 1 aliphatic carbocycles. The first-order valence-corrected chi connectivity index (χ1v) is 10.9. The molecule has 3 aromatic carbocycles. The molecule has 4 nitrogen and oxygen atoms in total. The first-order chi connectivity index (χ1) is 13.1. The van der Waals surface area contributed by atoms with E-state index < -0.39 is 10.0 Å². The van der Waals surface area contributed by atoms with Gasteiger partial charge >= 0.3 is 0 Å². The molecular weight excluding hydrogens is 356 g/mol. The van der Waals surface area contributed by atoms with Crippen molar-refractivity contribution in [2.24, 2.45) is 0 Å². The minimum Gasteiger partial charge on any atom is -0.295 e. The average Bonchev–Trinajstić information content (AvgIpc) is 2.99. The van der Waals surface area contributed by atoms with E-state index in [4.69, 9.17) is 0 Å². The molecule has 0 saturated heterocycles. The van der Waals surface area contributed by atoms with Crippen LogP contribution in [0.15, 0.2) is 71.6 Å². The molecule has 0 aromatic heterocycles. The van der Waals surface area contributed by atoms with Gasteiger partial charge in [-0.1, -0.05) is 68.4 Å². The van der Waals surface area contributed by atoms with Gasteiger partial charge in [-0.2, -0.15) is 0 Å². The van der Waals surface area contributed by atoms with Gasteiger partial charge in [0.1, 0.15) is 0 Å². The number of hydrogen-bond acceptors (Lipinski definition) is 3. The van der Waals surface area contributed by atoms with Crippen LogP contribution in [0.1, 0.15) is 37.1 Å². The monoisotopic (exact) mass is 380 g/mol. The molecule has 27 heavy (non-hydrogen) atoms. The van der Waals surface area contributed by atoms with Crippen LogP contribution in [-0.2, 0) is 10.0 Å². The van der Waals surface area contributed by atoms with Crippen LogP contribution in [0.3, 0.4) is 0 Å². The van der Waals surface area contributed by atoms with Crippen LogP contribution in [0.5, 0.6) is 0 Å². The second-order valence-electron chi connectivity index (χ2n) is 6.87. The standard InChI is InChI=1S/C22H24N2O2S/c1-3-24(4-2)22-19-15-9-11-16-10-8-14-18(20(16)19)21(22)23-27(25,26)17-12-6-5-7-13-17/h5-15,21-23H,3-4H2,1-2H3/t21-,22-/m1/s1. The Morgan fingerprint density at radius 2 is 1.48 bits per heavy atom. The average molecular weight is 381 g/mol. The summed E-state index contributed by atoms with van der Waals surface area (Å²) in [4.78, 5) is 2.62. The van der Waals surface area contributed by atoms with E-state index in [1.807, 2.05) is 18.2 Å². The summed E-state index contributed by atoms with van der Waals surface area (Å²) in [6, 6.07) is 20.7. The molecule has 1 N–H and O–H groups in total. The van der Waals surface area contributed by atoms with Crippen LogP contribution in [0, 0.1) is 0 Å². The van der Waals surface area contributed by atoms with E-state index in [-0.39, 0.29) is 12.1 Å². The predicted molar refractivity (Wildman–Crippen MR) is 109 cm³/mol.